The fourth-order valence-corrected chi connectivity index (χ4v) is 3.96. The van der Waals surface area contributed by atoms with Crippen molar-refractivity contribution >= 4 is 40.1 Å². The van der Waals surface area contributed by atoms with E-state index in [0.717, 1.165) is 18.4 Å². The molecule has 3 aromatic heterocycles. The van der Waals surface area contributed by atoms with E-state index < -0.39 is 0 Å². The summed E-state index contributed by atoms with van der Waals surface area (Å²) in [6, 6.07) is 21.3. The van der Waals surface area contributed by atoms with Gasteiger partial charge in [-0.3, -0.25) is 9.78 Å². The summed E-state index contributed by atoms with van der Waals surface area (Å²) in [4.78, 5) is 26.9. The molecule has 0 radical (unpaired) electrons. The number of nitrogens with two attached hydrogens (primary N) is 1. The third-order valence-electron chi connectivity index (χ3n) is 5.79. The van der Waals surface area contributed by atoms with Crippen molar-refractivity contribution in [1.29, 1.82) is 0 Å². The van der Waals surface area contributed by atoms with Gasteiger partial charge in [0, 0.05) is 24.0 Å². The monoisotopic (exact) mass is 463 g/mol. The molecule has 35 heavy (non-hydrogen) atoms. The maximum atomic E-state index is 13.4. The van der Waals surface area contributed by atoms with Crippen LogP contribution in [-0.4, -0.2) is 37.8 Å². The summed E-state index contributed by atoms with van der Waals surface area (Å²) in [5.41, 5.74) is 11.0. The fourth-order valence-electron chi connectivity index (χ4n) is 3.96. The summed E-state index contributed by atoms with van der Waals surface area (Å²) < 4.78 is 1.46. The predicted octanol–water partition coefficient (Wildman–Crippen LogP) is 4.20. The van der Waals surface area contributed by atoms with Crippen LogP contribution in [0.3, 0.4) is 0 Å². The molecule has 1 atom stereocenters. The molecule has 0 aliphatic rings. The number of pyridine rings is 1. The van der Waals surface area contributed by atoms with Crippen molar-refractivity contribution < 1.29 is 4.79 Å². The number of benzene rings is 2. The fraction of sp³-hybridized carbons (Fsp3) is 0.148. The number of rotatable bonds is 7. The predicted molar refractivity (Wildman–Crippen MR) is 138 cm³/mol. The molecule has 174 valence electrons. The van der Waals surface area contributed by atoms with E-state index in [1.165, 1.54) is 10.2 Å². The molecule has 8 heteroatoms. The minimum Gasteiger partial charge on any atom is -0.383 e. The summed E-state index contributed by atoms with van der Waals surface area (Å²) in [6.45, 7) is 1.98. The van der Waals surface area contributed by atoms with Crippen LogP contribution in [-0.2, 0) is 6.42 Å². The number of aromatic nitrogens is 4. The molecule has 5 rings (SSSR count). The van der Waals surface area contributed by atoms with Gasteiger partial charge in [0.1, 0.15) is 16.9 Å². The van der Waals surface area contributed by atoms with Crippen molar-refractivity contribution in [3.63, 3.8) is 0 Å². The average molecular weight is 464 g/mol. The van der Waals surface area contributed by atoms with E-state index in [1.54, 1.807) is 18.6 Å². The molecular weight excluding hydrogens is 438 g/mol. The Labute approximate surface area is 202 Å². The average Bonchev–Trinajstić information content (AvgIpc) is 3.16. The highest BCUT2D eigenvalue weighted by Gasteiger charge is 2.25. The maximum Gasteiger partial charge on any atom is 0.257 e. The zero-order valence-corrected chi connectivity index (χ0v) is 19.3. The van der Waals surface area contributed by atoms with Crippen LogP contribution in [0.25, 0.3) is 22.2 Å². The highest BCUT2D eigenvalue weighted by Crippen LogP contribution is 2.28. The van der Waals surface area contributed by atoms with Crippen molar-refractivity contribution in [2.75, 3.05) is 5.73 Å². The van der Waals surface area contributed by atoms with Gasteiger partial charge in [-0.05, 0) is 43.5 Å². The number of nitrogen functional groups attached to an aromatic ring is 1. The van der Waals surface area contributed by atoms with Crippen molar-refractivity contribution in [2.45, 2.75) is 25.8 Å². The number of amides is 1. The molecule has 0 fully saturated rings. The summed E-state index contributed by atoms with van der Waals surface area (Å²) in [7, 11) is 0. The van der Waals surface area contributed by atoms with Gasteiger partial charge >= 0.3 is 0 Å². The van der Waals surface area contributed by atoms with Gasteiger partial charge in [-0.2, -0.15) is 9.78 Å². The van der Waals surface area contributed by atoms with Crippen LogP contribution < -0.4 is 11.1 Å². The standard InChI is InChI=1S/C27H25N7O/c1-18(13-14-19-8-3-2-4-9-19)31-27(35)23-24-26(33-22-12-6-5-11-21(22)32-24)34(25(23)28)30-17-20-10-7-15-29-16-20/h2-12,15-18H,13-14,28H2,1H3,(H,31,35)/b30-17-/t18-/m1/s1. The van der Waals surface area contributed by atoms with Crippen LogP contribution in [0.15, 0.2) is 84.2 Å². The number of para-hydroxylation sites is 2. The van der Waals surface area contributed by atoms with Crippen LogP contribution >= 0.6 is 0 Å². The zero-order chi connectivity index (χ0) is 24.2. The lowest BCUT2D eigenvalue weighted by Crippen LogP contribution is -2.33. The van der Waals surface area contributed by atoms with Gasteiger partial charge in [-0.1, -0.05) is 48.5 Å². The summed E-state index contributed by atoms with van der Waals surface area (Å²) in [6.07, 6.45) is 6.66. The van der Waals surface area contributed by atoms with E-state index in [0.29, 0.717) is 22.2 Å². The molecule has 3 heterocycles. The lowest BCUT2D eigenvalue weighted by molar-refractivity contribution is 0.0940. The Morgan fingerprint density at radius 3 is 2.54 bits per heavy atom. The van der Waals surface area contributed by atoms with Crippen LogP contribution in [0.2, 0.25) is 0 Å². The number of nitrogens with one attached hydrogen (secondary N) is 1. The van der Waals surface area contributed by atoms with E-state index in [4.69, 9.17) is 15.7 Å². The number of anilines is 1. The zero-order valence-electron chi connectivity index (χ0n) is 19.3. The summed E-state index contributed by atoms with van der Waals surface area (Å²) in [5, 5.41) is 7.59. The molecular formula is C27H25N7O. The topological polar surface area (TPSA) is 111 Å². The number of hydrogen-bond acceptors (Lipinski definition) is 6. The van der Waals surface area contributed by atoms with Gasteiger partial charge in [-0.25, -0.2) is 9.97 Å². The highest BCUT2D eigenvalue weighted by atomic mass is 16.1. The third-order valence-corrected chi connectivity index (χ3v) is 5.79. The summed E-state index contributed by atoms with van der Waals surface area (Å²) in [5.74, 6) is -0.115. The van der Waals surface area contributed by atoms with Gasteiger partial charge in [0.15, 0.2) is 5.65 Å². The van der Waals surface area contributed by atoms with Crippen LogP contribution in [0, 0.1) is 0 Å². The van der Waals surface area contributed by atoms with E-state index in [2.05, 4.69) is 27.5 Å². The van der Waals surface area contributed by atoms with Crippen LogP contribution in [0.1, 0.15) is 34.8 Å². The first-order valence-electron chi connectivity index (χ1n) is 11.5. The number of fused-ring (bicyclic) bond motifs is 2. The molecule has 3 N–H and O–H groups in total. The van der Waals surface area contributed by atoms with Gasteiger partial charge < -0.3 is 11.1 Å². The van der Waals surface area contributed by atoms with Gasteiger partial charge in [0.05, 0.1) is 17.2 Å². The van der Waals surface area contributed by atoms with Crippen LogP contribution in [0.5, 0.6) is 0 Å². The number of carbonyl (C=O) groups is 1. The second-order valence-corrected chi connectivity index (χ2v) is 8.39. The first-order valence-corrected chi connectivity index (χ1v) is 11.5. The smallest absolute Gasteiger partial charge is 0.257 e. The highest BCUT2D eigenvalue weighted by molar-refractivity contribution is 6.10. The molecule has 0 aliphatic carbocycles. The molecule has 2 aromatic carbocycles. The summed E-state index contributed by atoms with van der Waals surface area (Å²) >= 11 is 0. The Morgan fingerprint density at radius 1 is 1.06 bits per heavy atom. The Kier molecular flexibility index (Phi) is 6.17. The Morgan fingerprint density at radius 2 is 1.80 bits per heavy atom. The van der Waals surface area contributed by atoms with Crippen molar-refractivity contribution in [2.24, 2.45) is 5.10 Å². The Bertz CT molecular complexity index is 1510. The lowest BCUT2D eigenvalue weighted by Gasteiger charge is -2.14. The van der Waals surface area contributed by atoms with Crippen molar-refractivity contribution in [3.05, 3.63) is 95.8 Å². The minimum absolute atomic E-state index is 0.0622. The largest absolute Gasteiger partial charge is 0.383 e. The minimum atomic E-state index is -0.298. The second kappa shape index (κ2) is 9.72. The van der Waals surface area contributed by atoms with Gasteiger partial charge in [-0.15, -0.1) is 0 Å². The SMILES string of the molecule is C[C@H](CCc1ccccc1)NC(=O)c1c(N)n(/N=C\c2cccnc2)c2nc3ccccc3nc12. The van der Waals surface area contributed by atoms with Crippen molar-refractivity contribution in [3.8, 4) is 0 Å². The first-order chi connectivity index (χ1) is 17.1. The molecule has 0 spiro atoms. The van der Waals surface area contributed by atoms with Gasteiger partial charge in [0.25, 0.3) is 5.91 Å². The number of aryl methyl sites for hydroxylation is 1. The first kappa shape index (κ1) is 22.2. The molecule has 0 saturated heterocycles. The molecule has 8 nitrogen and oxygen atoms in total. The normalized spacial score (nSPS) is 12.4. The number of carbonyl (C=O) groups excluding carboxylic acids is 1. The van der Waals surface area contributed by atoms with E-state index in [-0.39, 0.29) is 23.3 Å². The second-order valence-electron chi connectivity index (χ2n) is 8.39. The van der Waals surface area contributed by atoms with Gasteiger partial charge in [0.2, 0.25) is 0 Å². The molecule has 5 aromatic rings. The van der Waals surface area contributed by atoms with Crippen molar-refractivity contribution in [1.82, 2.24) is 24.9 Å². The van der Waals surface area contributed by atoms with E-state index >= 15 is 0 Å². The van der Waals surface area contributed by atoms with E-state index in [9.17, 15) is 4.79 Å². The molecule has 0 saturated carbocycles. The van der Waals surface area contributed by atoms with Crippen LogP contribution in [0.4, 0.5) is 5.82 Å². The number of nitrogens with zero attached hydrogens (tertiary/aromatic N) is 5. The number of hydrogen-bond donors (Lipinski definition) is 2. The lowest BCUT2D eigenvalue weighted by atomic mass is 10.1. The third kappa shape index (κ3) is 4.72. The molecule has 0 aliphatic heterocycles. The molecule has 0 bridgehead atoms. The molecule has 0 unspecified atom stereocenters. The quantitative estimate of drug-likeness (QED) is 0.352. The van der Waals surface area contributed by atoms with E-state index in [1.807, 2.05) is 61.5 Å². The maximum absolute atomic E-state index is 13.4. The Balaban J connectivity index is 1.50. The molecule has 1 amide bonds. The Hall–Kier alpha value is -4.59.